The molecule has 0 bridgehead atoms. The maximum Gasteiger partial charge on any atom is 0.133 e. The summed E-state index contributed by atoms with van der Waals surface area (Å²) in [6, 6.07) is 4.99. The standard InChI is InChI=1S/C8H6N2O/c9-4-1-8(11)7-2-5-10-6-3-7/h1-3,5-6,11H. The summed E-state index contributed by atoms with van der Waals surface area (Å²) in [6.45, 7) is 0. The highest BCUT2D eigenvalue weighted by Crippen LogP contribution is 2.07. The minimum atomic E-state index is -0.0325. The molecule has 54 valence electrons. The average molecular weight is 146 g/mol. The fourth-order valence-electron chi connectivity index (χ4n) is 0.667. The normalized spacial score (nSPS) is 10.6. The first-order valence-electron chi connectivity index (χ1n) is 3.03. The van der Waals surface area contributed by atoms with Crippen LogP contribution in [-0.4, -0.2) is 10.1 Å². The van der Waals surface area contributed by atoms with E-state index in [2.05, 4.69) is 4.98 Å². The van der Waals surface area contributed by atoms with Gasteiger partial charge in [0.15, 0.2) is 0 Å². The fourth-order valence-corrected chi connectivity index (χ4v) is 0.667. The lowest BCUT2D eigenvalue weighted by atomic mass is 10.2. The lowest BCUT2D eigenvalue weighted by molar-refractivity contribution is 0.512. The number of pyridine rings is 1. The molecule has 0 atom stereocenters. The van der Waals surface area contributed by atoms with Crippen LogP contribution in [0.4, 0.5) is 0 Å². The van der Waals surface area contributed by atoms with Gasteiger partial charge < -0.3 is 5.11 Å². The number of hydrogen-bond donors (Lipinski definition) is 1. The molecule has 1 N–H and O–H groups in total. The molecule has 1 aromatic heterocycles. The van der Waals surface area contributed by atoms with E-state index in [4.69, 9.17) is 10.4 Å². The molecule has 0 aliphatic heterocycles. The zero-order valence-corrected chi connectivity index (χ0v) is 5.73. The minimum Gasteiger partial charge on any atom is -0.507 e. The Kier molecular flexibility index (Phi) is 2.24. The number of aliphatic hydroxyl groups excluding tert-OH is 1. The molecule has 0 aliphatic carbocycles. The third-order valence-electron chi connectivity index (χ3n) is 1.18. The molecule has 0 fully saturated rings. The molecule has 11 heavy (non-hydrogen) atoms. The fraction of sp³-hybridized carbons (Fsp3) is 0. The summed E-state index contributed by atoms with van der Waals surface area (Å²) in [7, 11) is 0. The Morgan fingerprint density at radius 3 is 2.73 bits per heavy atom. The van der Waals surface area contributed by atoms with Crippen LogP contribution in [0.3, 0.4) is 0 Å². The third kappa shape index (κ3) is 1.80. The van der Waals surface area contributed by atoms with E-state index < -0.39 is 0 Å². The number of nitriles is 1. The highest BCUT2D eigenvalue weighted by molar-refractivity contribution is 5.59. The Balaban J connectivity index is 2.96. The molecule has 1 rings (SSSR count). The van der Waals surface area contributed by atoms with Crippen molar-refractivity contribution < 1.29 is 5.11 Å². The highest BCUT2D eigenvalue weighted by Gasteiger charge is 1.94. The van der Waals surface area contributed by atoms with E-state index >= 15 is 0 Å². The molecule has 0 aromatic carbocycles. The summed E-state index contributed by atoms with van der Waals surface area (Å²) in [5, 5.41) is 17.3. The molecule has 0 saturated heterocycles. The van der Waals surface area contributed by atoms with E-state index in [1.807, 2.05) is 0 Å². The topological polar surface area (TPSA) is 56.9 Å². The van der Waals surface area contributed by atoms with Crippen molar-refractivity contribution in [1.29, 1.82) is 5.26 Å². The van der Waals surface area contributed by atoms with Crippen molar-refractivity contribution in [1.82, 2.24) is 4.98 Å². The number of allylic oxidation sites excluding steroid dienone is 1. The molecule has 1 heterocycles. The third-order valence-corrected chi connectivity index (χ3v) is 1.18. The first-order valence-corrected chi connectivity index (χ1v) is 3.03. The largest absolute Gasteiger partial charge is 0.507 e. The lowest BCUT2D eigenvalue weighted by Gasteiger charge is -1.94. The number of aromatic nitrogens is 1. The van der Waals surface area contributed by atoms with Crippen LogP contribution in [0.5, 0.6) is 0 Å². The summed E-state index contributed by atoms with van der Waals surface area (Å²) in [5.41, 5.74) is 0.599. The zero-order chi connectivity index (χ0) is 8.10. The van der Waals surface area contributed by atoms with Crippen molar-refractivity contribution in [3.05, 3.63) is 36.2 Å². The van der Waals surface area contributed by atoms with Crippen molar-refractivity contribution in [2.24, 2.45) is 0 Å². The minimum absolute atomic E-state index is 0.0325. The monoisotopic (exact) mass is 146 g/mol. The van der Waals surface area contributed by atoms with Crippen molar-refractivity contribution in [3.63, 3.8) is 0 Å². The van der Waals surface area contributed by atoms with Gasteiger partial charge in [-0.25, -0.2) is 0 Å². The Labute approximate surface area is 64.2 Å². The van der Waals surface area contributed by atoms with Crippen LogP contribution in [-0.2, 0) is 0 Å². The van der Waals surface area contributed by atoms with E-state index in [-0.39, 0.29) is 5.76 Å². The summed E-state index contributed by atoms with van der Waals surface area (Å²) in [5.74, 6) is -0.0325. The van der Waals surface area contributed by atoms with Crippen LogP contribution in [0.15, 0.2) is 30.6 Å². The van der Waals surface area contributed by atoms with Gasteiger partial charge in [-0.05, 0) is 12.1 Å². The quantitative estimate of drug-likeness (QED) is 0.482. The Bertz CT molecular complexity index is 298. The first kappa shape index (κ1) is 7.29. The van der Waals surface area contributed by atoms with Crippen LogP contribution in [0.25, 0.3) is 5.76 Å². The number of nitrogens with zero attached hydrogens (tertiary/aromatic N) is 2. The first-order chi connectivity index (χ1) is 5.34. The maximum absolute atomic E-state index is 9.13. The van der Waals surface area contributed by atoms with E-state index in [9.17, 15) is 0 Å². The second-order valence-corrected chi connectivity index (χ2v) is 1.89. The molecule has 3 nitrogen and oxygen atoms in total. The summed E-state index contributed by atoms with van der Waals surface area (Å²) < 4.78 is 0. The zero-order valence-electron chi connectivity index (χ0n) is 5.73. The Hall–Kier alpha value is -1.82. The summed E-state index contributed by atoms with van der Waals surface area (Å²) in [4.78, 5) is 3.77. The molecule has 0 radical (unpaired) electrons. The molecule has 1 aromatic rings. The van der Waals surface area contributed by atoms with Gasteiger partial charge in [0.1, 0.15) is 5.76 Å². The second-order valence-electron chi connectivity index (χ2n) is 1.89. The van der Waals surface area contributed by atoms with Crippen LogP contribution in [0.2, 0.25) is 0 Å². The smallest absolute Gasteiger partial charge is 0.133 e. The maximum atomic E-state index is 9.13. The van der Waals surface area contributed by atoms with Gasteiger partial charge in [0.05, 0.1) is 12.1 Å². The van der Waals surface area contributed by atoms with E-state index in [1.165, 1.54) is 0 Å². The van der Waals surface area contributed by atoms with Gasteiger partial charge in [-0.3, -0.25) is 4.98 Å². The van der Waals surface area contributed by atoms with E-state index in [0.717, 1.165) is 6.08 Å². The molecule has 0 aliphatic rings. The van der Waals surface area contributed by atoms with Gasteiger partial charge in [0.2, 0.25) is 0 Å². The van der Waals surface area contributed by atoms with Crippen LogP contribution in [0, 0.1) is 11.3 Å². The van der Waals surface area contributed by atoms with Crippen molar-refractivity contribution in [3.8, 4) is 6.07 Å². The van der Waals surface area contributed by atoms with Crippen molar-refractivity contribution in [2.45, 2.75) is 0 Å². The summed E-state index contributed by atoms with van der Waals surface area (Å²) in [6.07, 6.45) is 4.18. The summed E-state index contributed by atoms with van der Waals surface area (Å²) >= 11 is 0. The van der Waals surface area contributed by atoms with Gasteiger partial charge in [0, 0.05) is 18.0 Å². The van der Waals surface area contributed by atoms with Crippen LogP contribution in [0.1, 0.15) is 5.56 Å². The van der Waals surface area contributed by atoms with Crippen molar-refractivity contribution >= 4 is 5.76 Å². The molecule has 0 unspecified atom stereocenters. The van der Waals surface area contributed by atoms with Gasteiger partial charge in [0.25, 0.3) is 0 Å². The number of hydrogen-bond acceptors (Lipinski definition) is 3. The predicted molar refractivity (Wildman–Crippen MR) is 40.5 cm³/mol. The molecular weight excluding hydrogens is 140 g/mol. The van der Waals surface area contributed by atoms with Gasteiger partial charge >= 0.3 is 0 Å². The van der Waals surface area contributed by atoms with Gasteiger partial charge in [-0.1, -0.05) is 0 Å². The number of aliphatic hydroxyl groups is 1. The molecule has 0 amide bonds. The molecular formula is C8H6N2O. The molecule has 0 saturated carbocycles. The van der Waals surface area contributed by atoms with Crippen LogP contribution >= 0.6 is 0 Å². The second kappa shape index (κ2) is 3.37. The lowest BCUT2D eigenvalue weighted by Crippen LogP contribution is -1.81. The van der Waals surface area contributed by atoms with E-state index in [1.54, 1.807) is 30.6 Å². The predicted octanol–water partition coefficient (Wildman–Crippen LogP) is 1.50. The van der Waals surface area contributed by atoms with Crippen LogP contribution < -0.4 is 0 Å². The Morgan fingerprint density at radius 2 is 2.18 bits per heavy atom. The van der Waals surface area contributed by atoms with Crippen molar-refractivity contribution in [2.75, 3.05) is 0 Å². The average Bonchev–Trinajstić information content (AvgIpc) is 2.07. The number of rotatable bonds is 1. The Morgan fingerprint density at radius 1 is 1.55 bits per heavy atom. The highest BCUT2D eigenvalue weighted by atomic mass is 16.3. The molecule has 3 heteroatoms. The molecule has 0 spiro atoms. The van der Waals surface area contributed by atoms with Gasteiger partial charge in [-0.2, -0.15) is 5.26 Å². The SMILES string of the molecule is N#CC=C(O)c1ccncc1. The van der Waals surface area contributed by atoms with Gasteiger partial charge in [-0.15, -0.1) is 0 Å². The van der Waals surface area contributed by atoms with E-state index in [0.29, 0.717) is 5.56 Å².